The second-order valence-corrected chi connectivity index (χ2v) is 8.33. The molecule has 0 aliphatic heterocycles. The van der Waals surface area contributed by atoms with E-state index in [4.69, 9.17) is 18.9 Å². The maximum absolute atomic E-state index is 12.3. The molecule has 0 aromatic heterocycles. The van der Waals surface area contributed by atoms with E-state index in [0.717, 1.165) is 32.1 Å². The van der Waals surface area contributed by atoms with Crippen molar-refractivity contribution >= 4 is 11.7 Å². The molecule has 1 aliphatic rings. The molecule has 0 saturated heterocycles. The summed E-state index contributed by atoms with van der Waals surface area (Å²) in [6, 6.07) is 0.188. The van der Waals surface area contributed by atoms with Gasteiger partial charge < -0.3 is 24.3 Å². The van der Waals surface area contributed by atoms with Crippen molar-refractivity contribution in [1.29, 1.82) is 0 Å². The average Bonchev–Trinajstić information content (AvgIpc) is 2.73. The number of carbonyl (C=O) groups is 2. The summed E-state index contributed by atoms with van der Waals surface area (Å²) in [6.45, 7) is 11.6. The van der Waals surface area contributed by atoms with Gasteiger partial charge in [-0.1, -0.05) is 13.8 Å². The number of ether oxygens (including phenoxy) is 4. The van der Waals surface area contributed by atoms with E-state index < -0.39 is 0 Å². The molecule has 0 radical (unpaired) electrons. The first-order valence-electron chi connectivity index (χ1n) is 11.6. The van der Waals surface area contributed by atoms with E-state index >= 15 is 0 Å². The van der Waals surface area contributed by atoms with E-state index in [1.54, 1.807) is 0 Å². The van der Waals surface area contributed by atoms with Gasteiger partial charge in [0.1, 0.15) is 5.78 Å². The van der Waals surface area contributed by atoms with Gasteiger partial charge in [0, 0.05) is 24.3 Å². The van der Waals surface area contributed by atoms with Gasteiger partial charge in [-0.15, -0.1) is 0 Å². The normalized spacial score (nSPS) is 20.3. The van der Waals surface area contributed by atoms with Crippen LogP contribution in [0.2, 0.25) is 0 Å². The minimum absolute atomic E-state index is 0.0182. The Labute approximate surface area is 182 Å². The maximum atomic E-state index is 12.3. The molecular formula is C23H43NO6. The lowest BCUT2D eigenvalue weighted by Gasteiger charge is -2.29. The van der Waals surface area contributed by atoms with Crippen LogP contribution in [0.1, 0.15) is 66.2 Å². The van der Waals surface area contributed by atoms with Gasteiger partial charge in [-0.25, -0.2) is 0 Å². The highest BCUT2D eigenvalue weighted by molar-refractivity contribution is 5.83. The molecule has 1 saturated carbocycles. The Morgan fingerprint density at radius 3 is 1.90 bits per heavy atom. The van der Waals surface area contributed by atoms with Crippen LogP contribution >= 0.6 is 0 Å². The van der Waals surface area contributed by atoms with E-state index in [0.29, 0.717) is 58.5 Å². The van der Waals surface area contributed by atoms with Crippen LogP contribution in [-0.4, -0.2) is 70.1 Å². The first-order valence-corrected chi connectivity index (χ1v) is 11.6. The Hall–Kier alpha value is -1.02. The predicted octanol–water partition coefficient (Wildman–Crippen LogP) is 3.14. The molecule has 0 aromatic rings. The lowest BCUT2D eigenvalue weighted by Crippen LogP contribution is -2.39. The zero-order valence-corrected chi connectivity index (χ0v) is 19.5. The van der Waals surface area contributed by atoms with Gasteiger partial charge in [-0.2, -0.15) is 0 Å². The van der Waals surface area contributed by atoms with Crippen molar-refractivity contribution in [1.82, 2.24) is 5.32 Å². The molecule has 1 N–H and O–H groups in total. The molecule has 1 atom stereocenters. The second-order valence-electron chi connectivity index (χ2n) is 8.33. The molecule has 7 heteroatoms. The third-order valence-electron chi connectivity index (χ3n) is 5.49. The van der Waals surface area contributed by atoms with Gasteiger partial charge in [0.2, 0.25) is 5.91 Å². The van der Waals surface area contributed by atoms with Crippen LogP contribution in [0, 0.1) is 11.8 Å². The maximum Gasteiger partial charge on any atom is 0.222 e. The fraction of sp³-hybridized carbons (Fsp3) is 0.913. The van der Waals surface area contributed by atoms with Crippen molar-refractivity contribution in [3.63, 3.8) is 0 Å². The fourth-order valence-electron chi connectivity index (χ4n) is 3.48. The Kier molecular flexibility index (Phi) is 15.0. The zero-order chi connectivity index (χ0) is 22.2. The molecule has 0 heterocycles. The molecule has 1 amide bonds. The van der Waals surface area contributed by atoms with Crippen molar-refractivity contribution in [3.8, 4) is 0 Å². The molecule has 0 bridgehead atoms. The summed E-state index contributed by atoms with van der Waals surface area (Å²) in [5, 5.41) is 3.08. The van der Waals surface area contributed by atoms with Crippen LogP contribution in [0.5, 0.6) is 0 Å². The highest BCUT2D eigenvalue weighted by Gasteiger charge is 2.28. The van der Waals surface area contributed by atoms with E-state index in [2.05, 4.69) is 12.2 Å². The second kappa shape index (κ2) is 16.6. The predicted molar refractivity (Wildman–Crippen MR) is 117 cm³/mol. The summed E-state index contributed by atoms with van der Waals surface area (Å²) in [7, 11) is 0. The van der Waals surface area contributed by atoms with Crippen LogP contribution in [0.4, 0.5) is 0 Å². The first-order chi connectivity index (χ1) is 14.4. The molecule has 176 valence electrons. The van der Waals surface area contributed by atoms with Gasteiger partial charge in [0.25, 0.3) is 0 Å². The highest BCUT2D eigenvalue weighted by atomic mass is 16.6. The largest absolute Gasteiger partial charge is 0.379 e. The summed E-state index contributed by atoms with van der Waals surface area (Å²) in [4.78, 5) is 24.3. The summed E-state index contributed by atoms with van der Waals surface area (Å²) in [5.74, 6) is 0.739. The van der Waals surface area contributed by atoms with Gasteiger partial charge in [0.15, 0.2) is 0 Å². The first kappa shape index (κ1) is 27.0. The quantitative estimate of drug-likeness (QED) is 0.358. The van der Waals surface area contributed by atoms with Gasteiger partial charge in [-0.05, 0) is 46.0 Å². The van der Waals surface area contributed by atoms with Gasteiger partial charge in [0.05, 0.1) is 52.4 Å². The Balaban J connectivity index is 1.93. The monoisotopic (exact) mass is 429 g/mol. The minimum atomic E-state index is 0.0182. The van der Waals surface area contributed by atoms with E-state index in [-0.39, 0.29) is 29.9 Å². The van der Waals surface area contributed by atoms with Gasteiger partial charge >= 0.3 is 0 Å². The van der Waals surface area contributed by atoms with E-state index in [1.807, 2.05) is 20.8 Å². The minimum Gasteiger partial charge on any atom is -0.379 e. The van der Waals surface area contributed by atoms with Crippen molar-refractivity contribution in [2.24, 2.45) is 11.8 Å². The lowest BCUT2D eigenvalue weighted by atomic mass is 9.79. The molecule has 0 aromatic carbocycles. The Morgan fingerprint density at radius 1 is 0.833 bits per heavy atom. The number of carbonyl (C=O) groups excluding carboxylic acids is 2. The van der Waals surface area contributed by atoms with E-state index in [9.17, 15) is 9.59 Å². The molecule has 30 heavy (non-hydrogen) atoms. The molecule has 1 rings (SSSR count). The van der Waals surface area contributed by atoms with Gasteiger partial charge in [-0.3, -0.25) is 9.59 Å². The van der Waals surface area contributed by atoms with Crippen molar-refractivity contribution < 1.29 is 28.5 Å². The fourth-order valence-corrected chi connectivity index (χ4v) is 3.48. The number of hydrogen-bond donors (Lipinski definition) is 1. The van der Waals surface area contributed by atoms with Crippen molar-refractivity contribution in [2.75, 3.05) is 46.2 Å². The summed E-state index contributed by atoms with van der Waals surface area (Å²) < 4.78 is 21.7. The molecule has 1 aliphatic carbocycles. The van der Waals surface area contributed by atoms with Crippen LogP contribution in [0.25, 0.3) is 0 Å². The van der Waals surface area contributed by atoms with Crippen LogP contribution in [0.15, 0.2) is 0 Å². The van der Waals surface area contributed by atoms with Crippen LogP contribution in [-0.2, 0) is 28.5 Å². The number of rotatable bonds is 17. The highest BCUT2D eigenvalue weighted by Crippen LogP contribution is 2.28. The van der Waals surface area contributed by atoms with Crippen molar-refractivity contribution in [3.05, 3.63) is 0 Å². The van der Waals surface area contributed by atoms with Crippen LogP contribution in [0.3, 0.4) is 0 Å². The standard InChI is InChI=1S/C23H43NO6/c1-5-19(4)23(26)20-6-8-21(9-7-20)24-22(25)10-11-27-12-13-28-14-15-29-16-17-30-18(2)3/h18-21H,5-17H2,1-4H3,(H,24,25). The van der Waals surface area contributed by atoms with Crippen LogP contribution < -0.4 is 5.32 Å². The summed E-state index contributed by atoms with van der Waals surface area (Å²) in [5.41, 5.74) is 0. The lowest BCUT2D eigenvalue weighted by molar-refractivity contribution is -0.127. The van der Waals surface area contributed by atoms with E-state index in [1.165, 1.54) is 0 Å². The number of Topliss-reactive ketones (excluding diaryl/α,β-unsaturated/α-hetero) is 1. The average molecular weight is 430 g/mol. The SMILES string of the molecule is CCC(C)C(=O)C1CCC(NC(=O)CCOCCOCCOCCOC(C)C)CC1. The number of amides is 1. The Morgan fingerprint density at radius 2 is 1.37 bits per heavy atom. The number of ketones is 1. The molecule has 0 spiro atoms. The molecule has 1 fully saturated rings. The zero-order valence-electron chi connectivity index (χ0n) is 19.5. The molecule has 1 unspecified atom stereocenters. The smallest absolute Gasteiger partial charge is 0.222 e. The number of hydrogen-bond acceptors (Lipinski definition) is 6. The van der Waals surface area contributed by atoms with Crippen molar-refractivity contribution in [2.45, 2.75) is 78.4 Å². The summed E-state index contributed by atoms with van der Waals surface area (Å²) >= 11 is 0. The molecule has 7 nitrogen and oxygen atoms in total. The molecular weight excluding hydrogens is 386 g/mol. The number of nitrogens with one attached hydrogen (secondary N) is 1. The summed E-state index contributed by atoms with van der Waals surface area (Å²) in [6.07, 6.45) is 5.03. The third-order valence-corrected chi connectivity index (χ3v) is 5.49. The third kappa shape index (κ3) is 12.6. The Bertz CT molecular complexity index is 463. The topological polar surface area (TPSA) is 83.1 Å².